The van der Waals surface area contributed by atoms with E-state index in [-0.39, 0.29) is 17.6 Å². The molecule has 0 bridgehead atoms. The summed E-state index contributed by atoms with van der Waals surface area (Å²) < 4.78 is 32.6. The van der Waals surface area contributed by atoms with Gasteiger partial charge in [0.15, 0.2) is 0 Å². The molecular weight excluding hydrogens is 252 g/mol. The molecule has 5 nitrogen and oxygen atoms in total. The van der Waals surface area contributed by atoms with Crippen LogP contribution in [0.25, 0.3) is 0 Å². The number of hydrogen-bond acceptors (Lipinski definition) is 4. The maximum Gasteiger partial charge on any atom is 0.215 e. The highest BCUT2D eigenvalue weighted by atomic mass is 32.2. The van der Waals surface area contributed by atoms with Gasteiger partial charge in [-0.1, -0.05) is 13.8 Å². The van der Waals surface area contributed by atoms with Crippen molar-refractivity contribution in [2.24, 2.45) is 5.41 Å². The lowest BCUT2D eigenvalue weighted by molar-refractivity contribution is -0.108. The van der Waals surface area contributed by atoms with E-state index < -0.39 is 15.3 Å². The predicted octanol–water partition coefficient (Wildman–Crippen LogP) is 0.717. The highest BCUT2D eigenvalue weighted by Gasteiger charge is 2.50. The smallest absolute Gasteiger partial charge is 0.215 e. The lowest BCUT2D eigenvalue weighted by Gasteiger charge is -2.51. The minimum atomic E-state index is -3.26. The van der Waals surface area contributed by atoms with Gasteiger partial charge in [0.25, 0.3) is 0 Å². The van der Waals surface area contributed by atoms with Crippen LogP contribution in [0.1, 0.15) is 34.1 Å². The normalized spacial score (nSPS) is 28.7. The Labute approximate surface area is 111 Å². The molecule has 2 N–H and O–H groups in total. The quantitative estimate of drug-likeness (QED) is 0.720. The summed E-state index contributed by atoms with van der Waals surface area (Å²) in [5.74, 6) is 0. The van der Waals surface area contributed by atoms with Gasteiger partial charge in [0, 0.05) is 24.6 Å². The summed E-state index contributed by atoms with van der Waals surface area (Å²) >= 11 is 0. The molecule has 0 saturated heterocycles. The van der Waals surface area contributed by atoms with E-state index in [1.54, 1.807) is 14.0 Å². The van der Waals surface area contributed by atoms with Crippen molar-refractivity contribution in [3.63, 3.8) is 0 Å². The molecule has 0 spiro atoms. The Morgan fingerprint density at radius 2 is 2.06 bits per heavy atom. The molecular formula is C12H26N2O3S. The molecule has 1 aliphatic carbocycles. The number of rotatable bonds is 7. The highest BCUT2D eigenvalue weighted by Crippen LogP contribution is 2.43. The summed E-state index contributed by atoms with van der Waals surface area (Å²) in [5, 5.41) is 2.46. The molecule has 1 fully saturated rings. The minimum Gasteiger partial charge on any atom is -0.378 e. The van der Waals surface area contributed by atoms with Gasteiger partial charge in [0.2, 0.25) is 10.0 Å². The van der Waals surface area contributed by atoms with Gasteiger partial charge in [-0.05, 0) is 27.3 Å². The molecule has 0 aromatic rings. The molecule has 1 aliphatic rings. The van der Waals surface area contributed by atoms with E-state index in [4.69, 9.17) is 4.74 Å². The van der Waals surface area contributed by atoms with Gasteiger partial charge >= 0.3 is 0 Å². The maximum atomic E-state index is 12.1. The summed E-state index contributed by atoms with van der Waals surface area (Å²) in [4.78, 5) is 0. The Bertz CT molecular complexity index is 368. The van der Waals surface area contributed by atoms with Gasteiger partial charge < -0.3 is 10.1 Å². The molecule has 1 rings (SSSR count). The van der Waals surface area contributed by atoms with Crippen molar-refractivity contribution in [3.8, 4) is 0 Å². The van der Waals surface area contributed by atoms with E-state index in [9.17, 15) is 8.42 Å². The third-order valence-electron chi connectivity index (χ3n) is 3.87. The number of nitrogens with one attached hydrogen (secondary N) is 2. The standard InChI is InChI=1S/C12H26N2O3S/c1-6-17-11-7-10(12(11,3)4)14-18(15,16)9(2)8-13-5/h9-11,13-14H,6-8H2,1-5H3. The van der Waals surface area contributed by atoms with Gasteiger partial charge in [-0.2, -0.15) is 0 Å². The molecule has 0 aliphatic heterocycles. The number of sulfonamides is 1. The van der Waals surface area contributed by atoms with Gasteiger partial charge in [-0.15, -0.1) is 0 Å². The summed E-state index contributed by atoms with van der Waals surface area (Å²) in [5.41, 5.74) is -0.136. The van der Waals surface area contributed by atoms with Crippen LogP contribution in [0.4, 0.5) is 0 Å². The molecule has 0 amide bonds. The molecule has 6 heteroatoms. The van der Waals surface area contributed by atoms with Crippen LogP contribution in [-0.4, -0.2) is 46.0 Å². The van der Waals surface area contributed by atoms with Gasteiger partial charge in [-0.25, -0.2) is 13.1 Å². The first-order valence-electron chi connectivity index (χ1n) is 6.53. The van der Waals surface area contributed by atoms with E-state index in [2.05, 4.69) is 10.0 Å². The van der Waals surface area contributed by atoms with Crippen LogP contribution in [-0.2, 0) is 14.8 Å². The second-order valence-corrected chi connectivity index (χ2v) is 7.72. The van der Waals surface area contributed by atoms with Crippen LogP contribution >= 0.6 is 0 Å². The van der Waals surface area contributed by atoms with Crippen LogP contribution in [0, 0.1) is 5.41 Å². The summed E-state index contributed by atoms with van der Waals surface area (Å²) in [6.07, 6.45) is 0.904. The summed E-state index contributed by atoms with van der Waals surface area (Å²) in [6.45, 7) is 8.90. The third kappa shape index (κ3) is 3.23. The maximum absolute atomic E-state index is 12.1. The fourth-order valence-corrected chi connectivity index (χ4v) is 3.70. The average Bonchev–Trinajstić information content (AvgIpc) is 2.28. The van der Waals surface area contributed by atoms with E-state index in [0.29, 0.717) is 13.2 Å². The molecule has 0 aromatic heterocycles. The molecule has 0 radical (unpaired) electrons. The third-order valence-corrected chi connectivity index (χ3v) is 5.71. The molecule has 0 aromatic carbocycles. The average molecular weight is 278 g/mol. The van der Waals surface area contributed by atoms with E-state index in [1.165, 1.54) is 0 Å². The van der Waals surface area contributed by atoms with Crippen molar-refractivity contribution >= 4 is 10.0 Å². The second-order valence-electron chi connectivity index (χ2n) is 5.58. The zero-order chi connectivity index (χ0) is 14.0. The summed E-state index contributed by atoms with van der Waals surface area (Å²) in [6, 6.07) is -0.0293. The topological polar surface area (TPSA) is 67.4 Å². The Morgan fingerprint density at radius 1 is 1.44 bits per heavy atom. The molecule has 3 unspecified atom stereocenters. The highest BCUT2D eigenvalue weighted by molar-refractivity contribution is 7.90. The van der Waals surface area contributed by atoms with Crippen LogP contribution in [0.15, 0.2) is 0 Å². The first-order chi connectivity index (χ1) is 8.25. The predicted molar refractivity (Wildman–Crippen MR) is 73.0 cm³/mol. The van der Waals surface area contributed by atoms with E-state index in [1.807, 2.05) is 20.8 Å². The van der Waals surface area contributed by atoms with Crippen LogP contribution < -0.4 is 10.0 Å². The van der Waals surface area contributed by atoms with Crippen molar-refractivity contribution in [1.29, 1.82) is 0 Å². The van der Waals surface area contributed by atoms with Gasteiger partial charge in [0.05, 0.1) is 11.4 Å². The lowest BCUT2D eigenvalue weighted by atomic mass is 9.65. The molecule has 1 saturated carbocycles. The van der Waals surface area contributed by atoms with Crippen LogP contribution in [0.2, 0.25) is 0 Å². The Balaban J connectivity index is 2.60. The van der Waals surface area contributed by atoms with Crippen LogP contribution in [0.3, 0.4) is 0 Å². The molecule has 0 heterocycles. The SMILES string of the molecule is CCOC1CC(NS(=O)(=O)C(C)CNC)C1(C)C. The first-order valence-corrected chi connectivity index (χ1v) is 8.07. The Morgan fingerprint density at radius 3 is 2.50 bits per heavy atom. The zero-order valence-corrected chi connectivity index (χ0v) is 12.8. The van der Waals surface area contributed by atoms with Gasteiger partial charge in [-0.3, -0.25) is 0 Å². The minimum absolute atomic E-state index is 0.0293. The Kier molecular flexibility index (Phi) is 5.17. The van der Waals surface area contributed by atoms with Crippen LogP contribution in [0.5, 0.6) is 0 Å². The molecule has 3 atom stereocenters. The van der Waals surface area contributed by atoms with Crippen molar-refractivity contribution in [2.75, 3.05) is 20.2 Å². The van der Waals surface area contributed by atoms with Gasteiger partial charge in [0.1, 0.15) is 0 Å². The Hall–Kier alpha value is -0.170. The molecule has 108 valence electrons. The number of hydrogen-bond donors (Lipinski definition) is 2. The fraction of sp³-hybridized carbons (Fsp3) is 1.00. The summed E-state index contributed by atoms with van der Waals surface area (Å²) in [7, 11) is -1.51. The van der Waals surface area contributed by atoms with E-state index >= 15 is 0 Å². The lowest BCUT2D eigenvalue weighted by Crippen LogP contribution is -2.63. The second kappa shape index (κ2) is 5.86. The fourth-order valence-electron chi connectivity index (χ4n) is 2.28. The van der Waals surface area contributed by atoms with Crippen molar-refractivity contribution in [2.45, 2.75) is 51.5 Å². The van der Waals surface area contributed by atoms with Crippen molar-refractivity contribution in [3.05, 3.63) is 0 Å². The monoisotopic (exact) mass is 278 g/mol. The van der Waals surface area contributed by atoms with Crippen molar-refractivity contribution in [1.82, 2.24) is 10.0 Å². The zero-order valence-electron chi connectivity index (χ0n) is 12.0. The number of ether oxygens (including phenoxy) is 1. The first kappa shape index (κ1) is 15.9. The largest absolute Gasteiger partial charge is 0.378 e. The van der Waals surface area contributed by atoms with E-state index in [0.717, 1.165) is 6.42 Å². The molecule has 18 heavy (non-hydrogen) atoms. The van der Waals surface area contributed by atoms with Crippen molar-refractivity contribution < 1.29 is 13.2 Å².